The number of carbonyl (C=O) groups is 2. The molecule has 2 aromatic heterocycles. The zero-order chi connectivity index (χ0) is 22.8. The van der Waals surface area contributed by atoms with E-state index in [-0.39, 0.29) is 11.8 Å². The van der Waals surface area contributed by atoms with Gasteiger partial charge in [-0.1, -0.05) is 35.5 Å². The van der Waals surface area contributed by atoms with Gasteiger partial charge in [-0.05, 0) is 55.0 Å². The fraction of sp³-hybridized carbons (Fsp3) is 0.167. The number of aromatic nitrogens is 3. The molecule has 2 amide bonds. The number of furan rings is 1. The van der Waals surface area contributed by atoms with Crippen molar-refractivity contribution >= 4 is 35.2 Å². The highest BCUT2D eigenvalue weighted by Gasteiger charge is 2.34. The number of hydrogen-bond donors (Lipinski definition) is 0. The summed E-state index contributed by atoms with van der Waals surface area (Å²) in [5.41, 5.74) is 1.85. The van der Waals surface area contributed by atoms with Gasteiger partial charge in [-0.2, -0.15) is 0 Å². The van der Waals surface area contributed by atoms with Crippen molar-refractivity contribution in [2.24, 2.45) is 0 Å². The van der Waals surface area contributed by atoms with Crippen LogP contribution in [-0.2, 0) is 6.54 Å². The molecule has 7 nitrogen and oxygen atoms in total. The quantitative estimate of drug-likeness (QED) is 0.201. The average molecular weight is 479 g/mol. The highest BCUT2D eigenvalue weighted by Crippen LogP contribution is 2.27. The van der Waals surface area contributed by atoms with E-state index in [0.717, 1.165) is 16.5 Å². The molecule has 0 fully saturated rings. The van der Waals surface area contributed by atoms with E-state index in [4.69, 9.17) is 16.0 Å². The SMILES string of the molecule is O=C1c2ccccc2C(=O)N1CCCSc1nnc(-c2ccc(Cl)cc2)n1Cc1ccco1. The molecule has 33 heavy (non-hydrogen) atoms. The monoisotopic (exact) mass is 478 g/mol. The van der Waals surface area contributed by atoms with Gasteiger partial charge in [-0.15, -0.1) is 10.2 Å². The van der Waals surface area contributed by atoms with Gasteiger partial charge in [0, 0.05) is 22.9 Å². The molecule has 0 atom stereocenters. The minimum absolute atomic E-state index is 0.230. The number of nitrogens with zero attached hydrogens (tertiary/aromatic N) is 4. The van der Waals surface area contributed by atoms with Gasteiger partial charge in [0.15, 0.2) is 11.0 Å². The fourth-order valence-corrected chi connectivity index (χ4v) is 4.72. The summed E-state index contributed by atoms with van der Waals surface area (Å²) in [5, 5.41) is 10.2. The summed E-state index contributed by atoms with van der Waals surface area (Å²) >= 11 is 7.56. The molecule has 5 rings (SSSR count). The Kier molecular flexibility index (Phi) is 6.02. The third-order valence-corrected chi connectivity index (χ3v) is 6.65. The number of benzene rings is 2. The number of thioether (sulfide) groups is 1. The highest BCUT2D eigenvalue weighted by molar-refractivity contribution is 7.99. The number of rotatable bonds is 8. The zero-order valence-electron chi connectivity index (χ0n) is 17.5. The molecule has 0 aliphatic carbocycles. The Bertz CT molecular complexity index is 1270. The summed E-state index contributed by atoms with van der Waals surface area (Å²) in [5.74, 6) is 1.71. The van der Waals surface area contributed by atoms with Gasteiger partial charge >= 0.3 is 0 Å². The van der Waals surface area contributed by atoms with Crippen LogP contribution in [0.15, 0.2) is 76.5 Å². The van der Waals surface area contributed by atoms with Gasteiger partial charge in [0.25, 0.3) is 11.8 Å². The lowest BCUT2D eigenvalue weighted by Gasteiger charge is -2.13. The number of halogens is 1. The molecule has 2 aromatic carbocycles. The molecule has 0 bridgehead atoms. The number of amides is 2. The lowest BCUT2D eigenvalue weighted by molar-refractivity contribution is 0.0655. The lowest BCUT2D eigenvalue weighted by Crippen LogP contribution is -2.31. The molecular formula is C24H19ClN4O3S. The van der Waals surface area contributed by atoms with Crippen LogP contribution in [0.1, 0.15) is 32.9 Å². The van der Waals surface area contributed by atoms with Gasteiger partial charge in [-0.3, -0.25) is 19.1 Å². The minimum atomic E-state index is -0.230. The first kappa shape index (κ1) is 21.5. The molecule has 0 saturated heterocycles. The summed E-state index contributed by atoms with van der Waals surface area (Å²) in [7, 11) is 0. The number of fused-ring (bicyclic) bond motifs is 1. The molecule has 4 aromatic rings. The lowest BCUT2D eigenvalue weighted by atomic mass is 10.1. The van der Waals surface area contributed by atoms with E-state index in [1.807, 2.05) is 41.0 Å². The van der Waals surface area contributed by atoms with Gasteiger partial charge in [-0.25, -0.2) is 0 Å². The molecule has 0 unspecified atom stereocenters. The van der Waals surface area contributed by atoms with Crippen LogP contribution in [0.4, 0.5) is 0 Å². The Morgan fingerprint density at radius 3 is 2.30 bits per heavy atom. The van der Waals surface area contributed by atoms with Crippen LogP contribution in [0.3, 0.4) is 0 Å². The minimum Gasteiger partial charge on any atom is -0.467 e. The van der Waals surface area contributed by atoms with Crippen LogP contribution >= 0.6 is 23.4 Å². The zero-order valence-corrected chi connectivity index (χ0v) is 19.1. The van der Waals surface area contributed by atoms with Crippen molar-refractivity contribution in [3.8, 4) is 11.4 Å². The average Bonchev–Trinajstić information content (AvgIpc) is 3.54. The maximum absolute atomic E-state index is 12.5. The van der Waals surface area contributed by atoms with E-state index in [1.54, 1.807) is 30.5 Å². The maximum Gasteiger partial charge on any atom is 0.261 e. The highest BCUT2D eigenvalue weighted by atomic mass is 35.5. The summed E-state index contributed by atoms with van der Waals surface area (Å²) in [4.78, 5) is 26.4. The van der Waals surface area contributed by atoms with Gasteiger partial charge in [0.05, 0.1) is 23.9 Å². The second-order valence-electron chi connectivity index (χ2n) is 7.49. The topological polar surface area (TPSA) is 81.2 Å². The van der Waals surface area contributed by atoms with E-state index < -0.39 is 0 Å². The molecule has 1 aliphatic rings. The second-order valence-corrected chi connectivity index (χ2v) is 8.99. The van der Waals surface area contributed by atoms with Crippen molar-refractivity contribution in [2.75, 3.05) is 12.3 Å². The van der Waals surface area contributed by atoms with Crippen LogP contribution in [-0.4, -0.2) is 43.8 Å². The van der Waals surface area contributed by atoms with Crippen molar-refractivity contribution in [1.82, 2.24) is 19.7 Å². The summed E-state index contributed by atoms with van der Waals surface area (Å²) < 4.78 is 7.53. The summed E-state index contributed by atoms with van der Waals surface area (Å²) in [6, 6.07) is 18.1. The smallest absolute Gasteiger partial charge is 0.261 e. The van der Waals surface area contributed by atoms with E-state index in [0.29, 0.717) is 47.2 Å². The summed E-state index contributed by atoms with van der Waals surface area (Å²) in [6.45, 7) is 0.842. The number of imide groups is 1. The Hall–Kier alpha value is -3.36. The second kappa shape index (κ2) is 9.25. The van der Waals surface area contributed by atoms with E-state index >= 15 is 0 Å². The fourth-order valence-electron chi connectivity index (χ4n) is 3.74. The van der Waals surface area contributed by atoms with Crippen molar-refractivity contribution in [3.05, 3.63) is 88.8 Å². The molecule has 166 valence electrons. The number of carbonyl (C=O) groups excluding carboxylic acids is 2. The van der Waals surface area contributed by atoms with E-state index in [1.165, 1.54) is 16.7 Å². The molecule has 0 spiro atoms. The third kappa shape index (κ3) is 4.31. The van der Waals surface area contributed by atoms with Crippen LogP contribution in [0.2, 0.25) is 5.02 Å². The van der Waals surface area contributed by atoms with Crippen molar-refractivity contribution < 1.29 is 14.0 Å². The Morgan fingerprint density at radius 1 is 0.909 bits per heavy atom. The Labute approximate surface area is 199 Å². The van der Waals surface area contributed by atoms with Crippen LogP contribution in [0.5, 0.6) is 0 Å². The molecule has 3 heterocycles. The van der Waals surface area contributed by atoms with E-state index in [2.05, 4.69) is 10.2 Å². The maximum atomic E-state index is 12.5. The Morgan fingerprint density at radius 2 is 1.64 bits per heavy atom. The summed E-state index contributed by atoms with van der Waals surface area (Å²) in [6.07, 6.45) is 2.27. The van der Waals surface area contributed by atoms with Crippen molar-refractivity contribution in [3.63, 3.8) is 0 Å². The molecule has 0 radical (unpaired) electrons. The van der Waals surface area contributed by atoms with E-state index in [9.17, 15) is 9.59 Å². The van der Waals surface area contributed by atoms with Crippen molar-refractivity contribution in [1.29, 1.82) is 0 Å². The number of hydrogen-bond acceptors (Lipinski definition) is 6. The molecule has 0 saturated carbocycles. The predicted octanol–water partition coefficient (Wildman–Crippen LogP) is 5.02. The Balaban J connectivity index is 1.28. The molecule has 1 aliphatic heterocycles. The van der Waals surface area contributed by atoms with Gasteiger partial charge < -0.3 is 4.42 Å². The molecule has 9 heteroatoms. The van der Waals surface area contributed by atoms with Crippen LogP contribution in [0.25, 0.3) is 11.4 Å². The normalized spacial score (nSPS) is 13.1. The first-order chi connectivity index (χ1) is 16.1. The first-order valence-electron chi connectivity index (χ1n) is 10.4. The van der Waals surface area contributed by atoms with Crippen molar-refractivity contribution in [2.45, 2.75) is 18.1 Å². The van der Waals surface area contributed by atoms with Gasteiger partial charge in [0.1, 0.15) is 5.76 Å². The van der Waals surface area contributed by atoms with Crippen LogP contribution in [0, 0.1) is 0 Å². The third-order valence-electron chi connectivity index (χ3n) is 5.35. The van der Waals surface area contributed by atoms with Crippen LogP contribution < -0.4 is 0 Å². The largest absolute Gasteiger partial charge is 0.467 e. The first-order valence-corrected chi connectivity index (χ1v) is 11.8. The van der Waals surface area contributed by atoms with Gasteiger partial charge in [0.2, 0.25) is 0 Å². The molecule has 0 N–H and O–H groups in total. The predicted molar refractivity (Wildman–Crippen MR) is 125 cm³/mol. The standard InChI is InChI=1S/C24H19ClN4O3S/c25-17-10-8-16(9-11-17)21-26-27-24(29(21)15-18-5-3-13-32-18)33-14-4-12-28-22(30)19-6-1-2-7-20(19)23(28)31/h1-3,5-11,13H,4,12,14-15H2. The molecular weight excluding hydrogens is 460 g/mol.